The van der Waals surface area contributed by atoms with Gasteiger partial charge in [0, 0.05) is 11.7 Å². The van der Waals surface area contributed by atoms with Crippen LogP contribution in [-0.4, -0.2) is 12.1 Å². The summed E-state index contributed by atoms with van der Waals surface area (Å²) < 4.78 is 0. The van der Waals surface area contributed by atoms with E-state index in [1.807, 2.05) is 13.0 Å². The van der Waals surface area contributed by atoms with Crippen molar-refractivity contribution in [1.29, 1.82) is 0 Å². The summed E-state index contributed by atoms with van der Waals surface area (Å²) in [4.78, 5) is 11.8. The second kappa shape index (κ2) is 5.42. The lowest BCUT2D eigenvalue weighted by Crippen LogP contribution is -2.39. The molecule has 1 atom stereocenters. The van der Waals surface area contributed by atoms with Crippen LogP contribution in [-0.2, 0) is 12.8 Å². The van der Waals surface area contributed by atoms with Gasteiger partial charge in [-0.15, -0.1) is 0 Å². The van der Waals surface area contributed by atoms with Gasteiger partial charge in [-0.2, -0.15) is 0 Å². The molecule has 3 nitrogen and oxygen atoms in total. The summed E-state index contributed by atoms with van der Waals surface area (Å²) in [6.45, 7) is 6.22. The standard InChI is InChI=1S/C15H22N2O/c1-10(2)11(3)16-15(18)17-14-8-7-12-5-4-6-13(12)9-14/h7-11H,4-6H2,1-3H3,(H2,16,17,18)/t11-/m1/s1. The molecule has 2 rings (SSSR count). The van der Waals surface area contributed by atoms with Gasteiger partial charge >= 0.3 is 6.03 Å². The highest BCUT2D eigenvalue weighted by Gasteiger charge is 2.13. The maximum Gasteiger partial charge on any atom is 0.319 e. The Kier molecular flexibility index (Phi) is 3.90. The summed E-state index contributed by atoms with van der Waals surface area (Å²) in [5, 5.41) is 5.85. The van der Waals surface area contributed by atoms with Gasteiger partial charge in [0.2, 0.25) is 0 Å². The highest BCUT2D eigenvalue weighted by atomic mass is 16.2. The molecule has 2 amide bonds. The molecule has 1 aromatic carbocycles. The SMILES string of the molecule is CC(C)[C@@H](C)NC(=O)Nc1ccc2c(c1)CCC2. The fraction of sp³-hybridized carbons (Fsp3) is 0.533. The van der Waals surface area contributed by atoms with Crippen LogP contribution in [0.15, 0.2) is 18.2 Å². The van der Waals surface area contributed by atoms with E-state index in [1.54, 1.807) is 0 Å². The van der Waals surface area contributed by atoms with E-state index >= 15 is 0 Å². The molecule has 0 saturated carbocycles. The van der Waals surface area contributed by atoms with Crippen LogP contribution in [0.2, 0.25) is 0 Å². The molecular formula is C15H22N2O. The molecule has 0 bridgehead atoms. The van der Waals surface area contributed by atoms with Crippen molar-refractivity contribution >= 4 is 11.7 Å². The van der Waals surface area contributed by atoms with E-state index in [0.717, 1.165) is 12.1 Å². The van der Waals surface area contributed by atoms with Crippen molar-refractivity contribution in [2.45, 2.75) is 46.1 Å². The second-order valence-corrected chi connectivity index (χ2v) is 5.47. The van der Waals surface area contributed by atoms with Crippen LogP contribution in [0.25, 0.3) is 0 Å². The predicted molar refractivity (Wildman–Crippen MR) is 74.9 cm³/mol. The van der Waals surface area contributed by atoms with Crippen molar-refractivity contribution in [2.75, 3.05) is 5.32 Å². The smallest absolute Gasteiger partial charge is 0.319 e. The Morgan fingerprint density at radius 3 is 2.61 bits per heavy atom. The Hall–Kier alpha value is -1.51. The molecule has 18 heavy (non-hydrogen) atoms. The van der Waals surface area contributed by atoms with Crippen LogP contribution >= 0.6 is 0 Å². The Bertz CT molecular complexity index is 440. The molecule has 1 aliphatic rings. The molecule has 0 aliphatic heterocycles. The number of urea groups is 1. The average molecular weight is 246 g/mol. The molecular weight excluding hydrogens is 224 g/mol. The van der Waals surface area contributed by atoms with Gasteiger partial charge in [0.1, 0.15) is 0 Å². The number of anilines is 1. The van der Waals surface area contributed by atoms with Crippen LogP contribution in [0.3, 0.4) is 0 Å². The molecule has 0 saturated heterocycles. The first kappa shape index (κ1) is 12.9. The van der Waals surface area contributed by atoms with Crippen molar-refractivity contribution in [1.82, 2.24) is 5.32 Å². The highest BCUT2D eigenvalue weighted by Crippen LogP contribution is 2.24. The number of hydrogen-bond donors (Lipinski definition) is 2. The second-order valence-electron chi connectivity index (χ2n) is 5.47. The zero-order chi connectivity index (χ0) is 13.1. The molecule has 1 aliphatic carbocycles. The van der Waals surface area contributed by atoms with Crippen LogP contribution < -0.4 is 10.6 Å². The summed E-state index contributed by atoms with van der Waals surface area (Å²) in [6, 6.07) is 6.28. The minimum absolute atomic E-state index is 0.117. The first-order chi connectivity index (χ1) is 8.56. The van der Waals surface area contributed by atoms with E-state index in [9.17, 15) is 4.79 Å². The molecule has 0 spiro atoms. The van der Waals surface area contributed by atoms with E-state index in [4.69, 9.17) is 0 Å². The van der Waals surface area contributed by atoms with E-state index in [1.165, 1.54) is 24.0 Å². The summed E-state index contributed by atoms with van der Waals surface area (Å²) in [5.74, 6) is 0.441. The highest BCUT2D eigenvalue weighted by molar-refractivity contribution is 5.89. The lowest BCUT2D eigenvalue weighted by molar-refractivity contribution is 0.246. The van der Waals surface area contributed by atoms with Crippen molar-refractivity contribution in [2.24, 2.45) is 5.92 Å². The summed E-state index contributed by atoms with van der Waals surface area (Å²) >= 11 is 0. The van der Waals surface area contributed by atoms with Gasteiger partial charge in [0.25, 0.3) is 0 Å². The van der Waals surface area contributed by atoms with Gasteiger partial charge in [0.05, 0.1) is 0 Å². The topological polar surface area (TPSA) is 41.1 Å². The largest absolute Gasteiger partial charge is 0.335 e. The molecule has 98 valence electrons. The molecule has 0 aromatic heterocycles. The predicted octanol–water partition coefficient (Wildman–Crippen LogP) is 3.34. The number of carbonyl (C=O) groups excluding carboxylic acids is 1. The third-order valence-electron chi connectivity index (χ3n) is 3.72. The summed E-state index contributed by atoms with van der Waals surface area (Å²) in [7, 11) is 0. The zero-order valence-electron chi connectivity index (χ0n) is 11.4. The number of carbonyl (C=O) groups is 1. The van der Waals surface area contributed by atoms with Gasteiger partial charge in [-0.05, 0) is 55.4 Å². The number of nitrogens with one attached hydrogen (secondary N) is 2. The van der Waals surface area contributed by atoms with Gasteiger partial charge in [-0.25, -0.2) is 4.79 Å². The maximum absolute atomic E-state index is 11.8. The minimum atomic E-state index is -0.117. The number of benzene rings is 1. The van der Waals surface area contributed by atoms with Crippen LogP contribution in [0.4, 0.5) is 10.5 Å². The normalized spacial score (nSPS) is 15.3. The Balaban J connectivity index is 1.95. The van der Waals surface area contributed by atoms with E-state index in [-0.39, 0.29) is 12.1 Å². The van der Waals surface area contributed by atoms with Crippen LogP contribution in [0.5, 0.6) is 0 Å². The molecule has 3 heteroatoms. The van der Waals surface area contributed by atoms with E-state index in [0.29, 0.717) is 5.92 Å². The monoisotopic (exact) mass is 246 g/mol. The number of fused-ring (bicyclic) bond motifs is 1. The average Bonchev–Trinajstić information content (AvgIpc) is 2.75. The van der Waals surface area contributed by atoms with Gasteiger partial charge in [0.15, 0.2) is 0 Å². The van der Waals surface area contributed by atoms with Crippen molar-refractivity contribution in [3.05, 3.63) is 29.3 Å². The van der Waals surface area contributed by atoms with Crippen LogP contribution in [0, 0.1) is 5.92 Å². The number of aryl methyl sites for hydroxylation is 2. The fourth-order valence-corrected chi connectivity index (χ4v) is 2.19. The molecule has 0 fully saturated rings. The number of hydrogen-bond acceptors (Lipinski definition) is 1. The summed E-state index contributed by atoms with van der Waals surface area (Å²) in [6.07, 6.45) is 3.54. The lowest BCUT2D eigenvalue weighted by Gasteiger charge is -2.18. The quantitative estimate of drug-likeness (QED) is 0.843. The third kappa shape index (κ3) is 3.03. The lowest BCUT2D eigenvalue weighted by atomic mass is 10.1. The van der Waals surface area contributed by atoms with Crippen molar-refractivity contribution in [3.63, 3.8) is 0 Å². The van der Waals surface area contributed by atoms with Crippen molar-refractivity contribution < 1.29 is 4.79 Å². The van der Waals surface area contributed by atoms with Crippen molar-refractivity contribution in [3.8, 4) is 0 Å². The molecule has 2 N–H and O–H groups in total. The van der Waals surface area contributed by atoms with Gasteiger partial charge in [-0.1, -0.05) is 19.9 Å². The number of rotatable bonds is 3. The molecule has 1 aromatic rings. The minimum Gasteiger partial charge on any atom is -0.335 e. The molecule has 0 heterocycles. The van der Waals surface area contributed by atoms with E-state index < -0.39 is 0 Å². The first-order valence-electron chi connectivity index (χ1n) is 6.75. The third-order valence-corrected chi connectivity index (χ3v) is 3.72. The number of amides is 2. The molecule has 0 radical (unpaired) electrons. The Morgan fingerprint density at radius 1 is 1.17 bits per heavy atom. The zero-order valence-corrected chi connectivity index (χ0v) is 11.4. The van der Waals surface area contributed by atoms with E-state index in [2.05, 4.69) is 36.6 Å². The Morgan fingerprint density at radius 2 is 1.89 bits per heavy atom. The van der Waals surface area contributed by atoms with Gasteiger partial charge < -0.3 is 10.6 Å². The molecule has 0 unspecified atom stereocenters. The van der Waals surface area contributed by atoms with Gasteiger partial charge in [-0.3, -0.25) is 0 Å². The summed E-state index contributed by atoms with van der Waals surface area (Å²) in [5.41, 5.74) is 3.70. The Labute approximate surface area is 109 Å². The first-order valence-corrected chi connectivity index (χ1v) is 6.75. The maximum atomic E-state index is 11.8. The van der Waals surface area contributed by atoms with Crippen LogP contribution in [0.1, 0.15) is 38.3 Å². The fourth-order valence-electron chi connectivity index (χ4n) is 2.19.